The van der Waals surface area contributed by atoms with Gasteiger partial charge in [0.15, 0.2) is 0 Å². The predicted octanol–water partition coefficient (Wildman–Crippen LogP) is 4.47. The highest BCUT2D eigenvalue weighted by atomic mass is 16.5. The summed E-state index contributed by atoms with van der Waals surface area (Å²) in [4.78, 5) is 0. The van der Waals surface area contributed by atoms with Gasteiger partial charge in [0, 0.05) is 12.1 Å². The second kappa shape index (κ2) is 6.77. The largest absolute Gasteiger partial charge is 0.489 e. The fourth-order valence-electron chi connectivity index (χ4n) is 2.62. The van der Waals surface area contributed by atoms with E-state index < -0.39 is 0 Å². The molecule has 2 aromatic rings. The van der Waals surface area contributed by atoms with Gasteiger partial charge < -0.3 is 10.1 Å². The molecular formula is C19H23NO. The average Bonchev–Trinajstić information content (AvgIpc) is 2.50. The van der Waals surface area contributed by atoms with Crippen LogP contribution in [0.15, 0.2) is 54.6 Å². The first-order chi connectivity index (χ1) is 10.3. The Balaban J connectivity index is 1.53. The Hall–Kier alpha value is -1.80. The van der Waals surface area contributed by atoms with E-state index in [0.29, 0.717) is 18.7 Å². The SMILES string of the molecule is CC(NC1CCC1)c1ccc(OCc2ccccc2)cc1. The Kier molecular flexibility index (Phi) is 4.56. The van der Waals surface area contributed by atoms with Crippen molar-refractivity contribution in [2.45, 2.75) is 44.9 Å². The Morgan fingerprint density at radius 1 is 1.05 bits per heavy atom. The van der Waals surface area contributed by atoms with Crippen LogP contribution in [0.5, 0.6) is 5.75 Å². The third-order valence-electron chi connectivity index (χ3n) is 4.22. The number of rotatable bonds is 6. The van der Waals surface area contributed by atoms with E-state index in [1.807, 2.05) is 18.2 Å². The van der Waals surface area contributed by atoms with E-state index in [9.17, 15) is 0 Å². The number of nitrogens with one attached hydrogen (secondary N) is 1. The van der Waals surface area contributed by atoms with E-state index in [4.69, 9.17) is 4.74 Å². The molecule has 1 aliphatic rings. The van der Waals surface area contributed by atoms with Gasteiger partial charge in [0.25, 0.3) is 0 Å². The lowest BCUT2D eigenvalue weighted by molar-refractivity contribution is 0.304. The molecule has 1 fully saturated rings. The van der Waals surface area contributed by atoms with Crippen LogP contribution in [0.2, 0.25) is 0 Å². The topological polar surface area (TPSA) is 21.3 Å². The van der Waals surface area contributed by atoms with Gasteiger partial charge in [-0.3, -0.25) is 0 Å². The monoisotopic (exact) mass is 281 g/mol. The molecule has 3 rings (SSSR count). The molecule has 2 nitrogen and oxygen atoms in total. The highest BCUT2D eigenvalue weighted by Crippen LogP contribution is 2.24. The van der Waals surface area contributed by atoms with Crippen LogP contribution in [-0.4, -0.2) is 6.04 Å². The smallest absolute Gasteiger partial charge is 0.119 e. The fourth-order valence-corrected chi connectivity index (χ4v) is 2.62. The maximum absolute atomic E-state index is 5.82. The molecule has 2 aromatic carbocycles. The third kappa shape index (κ3) is 3.85. The van der Waals surface area contributed by atoms with Crippen molar-refractivity contribution < 1.29 is 4.74 Å². The van der Waals surface area contributed by atoms with Crippen LogP contribution in [0.25, 0.3) is 0 Å². The molecule has 0 heterocycles. The van der Waals surface area contributed by atoms with Gasteiger partial charge in [0.2, 0.25) is 0 Å². The lowest BCUT2D eigenvalue weighted by atomic mass is 9.92. The minimum absolute atomic E-state index is 0.415. The number of hydrogen-bond acceptors (Lipinski definition) is 2. The summed E-state index contributed by atoms with van der Waals surface area (Å²) in [6.45, 7) is 2.86. The van der Waals surface area contributed by atoms with Crippen LogP contribution in [-0.2, 0) is 6.61 Å². The molecule has 110 valence electrons. The molecule has 0 bridgehead atoms. The van der Waals surface area contributed by atoms with E-state index >= 15 is 0 Å². The van der Waals surface area contributed by atoms with Gasteiger partial charge in [0.1, 0.15) is 12.4 Å². The van der Waals surface area contributed by atoms with Crippen LogP contribution in [0, 0.1) is 0 Å². The number of ether oxygens (including phenoxy) is 1. The molecule has 0 saturated heterocycles. The van der Waals surface area contributed by atoms with E-state index in [-0.39, 0.29) is 0 Å². The average molecular weight is 281 g/mol. The van der Waals surface area contributed by atoms with E-state index in [2.05, 4.69) is 48.6 Å². The Bertz CT molecular complexity index is 546. The van der Waals surface area contributed by atoms with Crippen molar-refractivity contribution in [3.05, 3.63) is 65.7 Å². The molecule has 1 atom stereocenters. The summed E-state index contributed by atoms with van der Waals surface area (Å²) in [7, 11) is 0. The summed E-state index contributed by atoms with van der Waals surface area (Å²) in [6.07, 6.45) is 4.02. The second-order valence-corrected chi connectivity index (χ2v) is 5.86. The molecule has 0 aliphatic heterocycles. The first kappa shape index (κ1) is 14.2. The van der Waals surface area contributed by atoms with Crippen LogP contribution in [0.1, 0.15) is 43.4 Å². The molecule has 21 heavy (non-hydrogen) atoms. The van der Waals surface area contributed by atoms with Crippen molar-refractivity contribution in [2.75, 3.05) is 0 Å². The molecular weight excluding hydrogens is 258 g/mol. The van der Waals surface area contributed by atoms with Gasteiger partial charge in [-0.25, -0.2) is 0 Å². The molecule has 0 amide bonds. The summed E-state index contributed by atoms with van der Waals surface area (Å²) in [6, 6.07) is 19.9. The zero-order valence-corrected chi connectivity index (χ0v) is 12.6. The normalized spacial score (nSPS) is 16.2. The summed E-state index contributed by atoms with van der Waals surface area (Å²) in [5.41, 5.74) is 2.52. The summed E-state index contributed by atoms with van der Waals surface area (Å²) in [5.74, 6) is 0.929. The lowest BCUT2D eigenvalue weighted by Crippen LogP contribution is -2.36. The Morgan fingerprint density at radius 3 is 2.38 bits per heavy atom. The van der Waals surface area contributed by atoms with Crippen LogP contribution >= 0.6 is 0 Å². The Labute approximate surface area is 127 Å². The number of benzene rings is 2. The molecule has 0 spiro atoms. The summed E-state index contributed by atoms with van der Waals surface area (Å²) >= 11 is 0. The minimum atomic E-state index is 0.415. The van der Waals surface area contributed by atoms with Gasteiger partial charge >= 0.3 is 0 Å². The molecule has 2 heteroatoms. The van der Waals surface area contributed by atoms with Gasteiger partial charge in [0.05, 0.1) is 0 Å². The van der Waals surface area contributed by atoms with Gasteiger partial charge in [-0.1, -0.05) is 48.9 Å². The van der Waals surface area contributed by atoms with Gasteiger partial charge in [-0.05, 0) is 43.0 Å². The maximum atomic E-state index is 5.82. The number of hydrogen-bond donors (Lipinski definition) is 1. The predicted molar refractivity (Wildman–Crippen MR) is 86.4 cm³/mol. The zero-order chi connectivity index (χ0) is 14.5. The second-order valence-electron chi connectivity index (χ2n) is 5.86. The summed E-state index contributed by atoms with van der Waals surface area (Å²) < 4.78 is 5.82. The van der Waals surface area contributed by atoms with Crippen LogP contribution in [0.3, 0.4) is 0 Å². The fraction of sp³-hybridized carbons (Fsp3) is 0.368. The summed E-state index contributed by atoms with van der Waals surface area (Å²) in [5, 5.41) is 3.67. The van der Waals surface area contributed by atoms with Crippen molar-refractivity contribution in [3.63, 3.8) is 0 Å². The van der Waals surface area contributed by atoms with Crippen molar-refractivity contribution in [2.24, 2.45) is 0 Å². The maximum Gasteiger partial charge on any atom is 0.119 e. The highest BCUT2D eigenvalue weighted by molar-refractivity contribution is 5.29. The van der Waals surface area contributed by atoms with E-state index in [1.165, 1.54) is 30.4 Å². The molecule has 1 unspecified atom stereocenters. The van der Waals surface area contributed by atoms with Crippen LogP contribution in [0.4, 0.5) is 0 Å². The molecule has 1 saturated carbocycles. The first-order valence-electron chi connectivity index (χ1n) is 7.84. The van der Waals surface area contributed by atoms with Crippen LogP contribution < -0.4 is 10.1 Å². The van der Waals surface area contributed by atoms with E-state index in [0.717, 1.165) is 5.75 Å². The third-order valence-corrected chi connectivity index (χ3v) is 4.22. The van der Waals surface area contributed by atoms with Gasteiger partial charge in [-0.2, -0.15) is 0 Å². The van der Waals surface area contributed by atoms with Crippen molar-refractivity contribution in [3.8, 4) is 5.75 Å². The first-order valence-corrected chi connectivity index (χ1v) is 7.84. The standard InChI is InChI=1S/C19H23NO/c1-15(20-18-8-5-9-18)17-10-12-19(13-11-17)21-14-16-6-3-2-4-7-16/h2-4,6-7,10-13,15,18,20H,5,8-9,14H2,1H3. The molecule has 0 radical (unpaired) electrons. The molecule has 1 aliphatic carbocycles. The minimum Gasteiger partial charge on any atom is -0.489 e. The quantitative estimate of drug-likeness (QED) is 0.843. The van der Waals surface area contributed by atoms with Crippen molar-refractivity contribution >= 4 is 0 Å². The molecule has 1 N–H and O–H groups in total. The Morgan fingerprint density at radius 2 is 1.76 bits per heavy atom. The lowest BCUT2D eigenvalue weighted by Gasteiger charge is -2.30. The van der Waals surface area contributed by atoms with Gasteiger partial charge in [-0.15, -0.1) is 0 Å². The molecule has 0 aromatic heterocycles. The zero-order valence-electron chi connectivity index (χ0n) is 12.6. The highest BCUT2D eigenvalue weighted by Gasteiger charge is 2.19. The van der Waals surface area contributed by atoms with Crippen molar-refractivity contribution in [1.82, 2.24) is 5.32 Å². The van der Waals surface area contributed by atoms with Crippen molar-refractivity contribution in [1.29, 1.82) is 0 Å². The van der Waals surface area contributed by atoms with E-state index in [1.54, 1.807) is 0 Å².